The molecule has 0 radical (unpaired) electrons. The van der Waals surface area contributed by atoms with Gasteiger partial charge in [-0.1, -0.05) is 0 Å². The molecule has 1 aliphatic carbocycles. The lowest BCUT2D eigenvalue weighted by Crippen LogP contribution is -2.53. The number of nitrogens with zero attached hydrogens (tertiary/aromatic N) is 4. The summed E-state index contributed by atoms with van der Waals surface area (Å²) < 4.78 is 2.10. The average Bonchev–Trinajstić information content (AvgIpc) is 3.47. The SMILES string of the molecule is CC(C)(C)N(CC(=O)N1CCn2cccc2[C@@H]1c1ccc([N+](=O)[O-])cc1)C(=O)C1CC1. The zero-order chi connectivity index (χ0) is 22.3. The van der Waals surface area contributed by atoms with Crippen molar-refractivity contribution in [1.29, 1.82) is 0 Å². The predicted octanol–water partition coefficient (Wildman–Crippen LogP) is 3.37. The number of hydrogen-bond acceptors (Lipinski definition) is 4. The molecule has 0 unspecified atom stereocenters. The second kappa shape index (κ2) is 7.83. The maximum absolute atomic E-state index is 13.5. The fraction of sp³-hybridized carbons (Fsp3) is 0.478. The van der Waals surface area contributed by atoms with Crippen LogP contribution in [0.25, 0.3) is 0 Å². The number of nitro benzene ring substituents is 1. The number of amides is 2. The summed E-state index contributed by atoms with van der Waals surface area (Å²) in [6.07, 6.45) is 3.76. The van der Waals surface area contributed by atoms with Gasteiger partial charge in [0, 0.05) is 48.6 Å². The summed E-state index contributed by atoms with van der Waals surface area (Å²) in [4.78, 5) is 40.5. The molecule has 0 saturated heterocycles. The third kappa shape index (κ3) is 4.19. The maximum Gasteiger partial charge on any atom is 0.269 e. The number of nitro groups is 1. The van der Waals surface area contributed by atoms with E-state index in [1.807, 2.05) is 39.1 Å². The third-order valence-electron chi connectivity index (χ3n) is 6.07. The second-order valence-electron chi connectivity index (χ2n) is 9.33. The van der Waals surface area contributed by atoms with E-state index >= 15 is 0 Å². The number of aromatic nitrogens is 1. The van der Waals surface area contributed by atoms with E-state index in [4.69, 9.17) is 0 Å². The van der Waals surface area contributed by atoms with Gasteiger partial charge >= 0.3 is 0 Å². The number of carbonyl (C=O) groups is 2. The number of non-ortho nitro benzene ring substituents is 1. The van der Waals surface area contributed by atoms with Crippen LogP contribution >= 0.6 is 0 Å². The molecule has 1 atom stereocenters. The molecule has 2 amide bonds. The van der Waals surface area contributed by atoms with Crippen LogP contribution in [0.3, 0.4) is 0 Å². The van der Waals surface area contributed by atoms with Crippen molar-refractivity contribution in [2.45, 2.75) is 51.7 Å². The largest absolute Gasteiger partial charge is 0.348 e. The third-order valence-corrected chi connectivity index (χ3v) is 6.07. The molecule has 4 rings (SSSR count). The van der Waals surface area contributed by atoms with Crippen LogP contribution < -0.4 is 0 Å². The molecule has 0 bridgehead atoms. The van der Waals surface area contributed by atoms with Crippen molar-refractivity contribution in [1.82, 2.24) is 14.4 Å². The number of carbonyl (C=O) groups excluding carboxylic acids is 2. The molecule has 1 fully saturated rings. The Bertz CT molecular complexity index is 1000. The Morgan fingerprint density at radius 1 is 1.13 bits per heavy atom. The van der Waals surface area contributed by atoms with Gasteiger partial charge in [0.1, 0.15) is 6.54 Å². The van der Waals surface area contributed by atoms with Crippen molar-refractivity contribution in [3.63, 3.8) is 0 Å². The number of rotatable bonds is 5. The summed E-state index contributed by atoms with van der Waals surface area (Å²) in [5, 5.41) is 11.1. The first-order valence-electron chi connectivity index (χ1n) is 10.7. The van der Waals surface area contributed by atoms with Crippen molar-refractivity contribution in [2.75, 3.05) is 13.1 Å². The summed E-state index contributed by atoms with van der Waals surface area (Å²) in [6, 6.07) is 9.93. The normalized spacial score (nSPS) is 18.4. The molecule has 2 heterocycles. The van der Waals surface area contributed by atoms with Crippen LogP contribution in [0, 0.1) is 16.0 Å². The van der Waals surface area contributed by atoms with E-state index in [9.17, 15) is 19.7 Å². The molecule has 1 aliphatic heterocycles. The van der Waals surface area contributed by atoms with E-state index in [1.54, 1.807) is 21.9 Å². The van der Waals surface area contributed by atoms with Gasteiger partial charge < -0.3 is 14.4 Å². The topological polar surface area (TPSA) is 88.7 Å². The Kier molecular flexibility index (Phi) is 5.33. The van der Waals surface area contributed by atoms with Crippen molar-refractivity contribution in [3.8, 4) is 0 Å². The lowest BCUT2D eigenvalue weighted by Gasteiger charge is -2.41. The lowest BCUT2D eigenvalue weighted by molar-refractivity contribution is -0.384. The molecule has 0 N–H and O–H groups in total. The fourth-order valence-corrected chi connectivity index (χ4v) is 4.20. The minimum Gasteiger partial charge on any atom is -0.348 e. The van der Waals surface area contributed by atoms with Gasteiger partial charge in [-0.2, -0.15) is 0 Å². The predicted molar refractivity (Wildman–Crippen MR) is 115 cm³/mol. The first-order valence-corrected chi connectivity index (χ1v) is 10.7. The van der Waals surface area contributed by atoms with E-state index in [1.165, 1.54) is 12.1 Å². The first kappa shape index (κ1) is 21.1. The maximum atomic E-state index is 13.5. The van der Waals surface area contributed by atoms with Gasteiger partial charge in [-0.05, 0) is 63.4 Å². The van der Waals surface area contributed by atoms with Crippen LogP contribution in [-0.2, 0) is 16.1 Å². The molecule has 2 aliphatic rings. The minimum absolute atomic E-state index is 0.0155. The van der Waals surface area contributed by atoms with Crippen LogP contribution in [0.15, 0.2) is 42.6 Å². The molecule has 1 saturated carbocycles. The first-order chi connectivity index (χ1) is 14.7. The Balaban J connectivity index is 1.64. The summed E-state index contributed by atoms with van der Waals surface area (Å²) in [7, 11) is 0. The van der Waals surface area contributed by atoms with Crippen molar-refractivity contribution < 1.29 is 14.5 Å². The molecule has 8 heteroatoms. The number of hydrogen-bond donors (Lipinski definition) is 0. The van der Waals surface area contributed by atoms with Crippen LogP contribution in [0.2, 0.25) is 0 Å². The zero-order valence-corrected chi connectivity index (χ0v) is 18.2. The highest BCUT2D eigenvalue weighted by molar-refractivity contribution is 5.88. The van der Waals surface area contributed by atoms with Gasteiger partial charge in [-0.15, -0.1) is 0 Å². The van der Waals surface area contributed by atoms with Gasteiger partial charge in [-0.3, -0.25) is 19.7 Å². The summed E-state index contributed by atoms with van der Waals surface area (Å²) >= 11 is 0. The Hall–Kier alpha value is -3.16. The van der Waals surface area contributed by atoms with Crippen LogP contribution in [0.1, 0.15) is 50.9 Å². The van der Waals surface area contributed by atoms with Gasteiger partial charge in [0.15, 0.2) is 0 Å². The molecule has 1 aromatic carbocycles. The molecule has 2 aromatic rings. The molecular weight excluding hydrogens is 396 g/mol. The van der Waals surface area contributed by atoms with E-state index in [0.717, 1.165) is 24.1 Å². The lowest BCUT2D eigenvalue weighted by atomic mass is 9.99. The van der Waals surface area contributed by atoms with E-state index in [-0.39, 0.29) is 36.0 Å². The monoisotopic (exact) mass is 424 g/mol. The van der Waals surface area contributed by atoms with Crippen molar-refractivity contribution in [3.05, 3.63) is 64.0 Å². The summed E-state index contributed by atoms with van der Waals surface area (Å²) in [6.45, 7) is 7.08. The highest BCUT2D eigenvalue weighted by atomic mass is 16.6. The van der Waals surface area contributed by atoms with Crippen LogP contribution in [0.5, 0.6) is 0 Å². The minimum atomic E-state index is -0.450. The van der Waals surface area contributed by atoms with E-state index in [0.29, 0.717) is 13.1 Å². The highest BCUT2D eigenvalue weighted by Gasteiger charge is 2.40. The highest BCUT2D eigenvalue weighted by Crippen LogP contribution is 2.35. The molecular formula is C23H28N4O4. The molecule has 8 nitrogen and oxygen atoms in total. The van der Waals surface area contributed by atoms with E-state index < -0.39 is 10.5 Å². The average molecular weight is 425 g/mol. The van der Waals surface area contributed by atoms with Gasteiger partial charge in [0.2, 0.25) is 11.8 Å². The molecule has 164 valence electrons. The van der Waals surface area contributed by atoms with Crippen molar-refractivity contribution >= 4 is 17.5 Å². The number of benzene rings is 1. The van der Waals surface area contributed by atoms with Gasteiger partial charge in [0.25, 0.3) is 5.69 Å². The molecule has 0 spiro atoms. The standard InChI is InChI=1S/C23H28N4O4/c1-23(2,3)26(22(29)17-6-7-17)15-20(28)25-14-13-24-12-4-5-19(24)21(25)16-8-10-18(11-9-16)27(30)31/h4-5,8-12,17,21H,6-7,13-15H2,1-3H3/t21-/m0/s1. The fourth-order valence-electron chi connectivity index (χ4n) is 4.20. The molecule has 31 heavy (non-hydrogen) atoms. The Morgan fingerprint density at radius 3 is 2.39 bits per heavy atom. The Morgan fingerprint density at radius 2 is 1.81 bits per heavy atom. The zero-order valence-electron chi connectivity index (χ0n) is 18.2. The smallest absolute Gasteiger partial charge is 0.269 e. The van der Waals surface area contributed by atoms with Gasteiger partial charge in [-0.25, -0.2) is 0 Å². The summed E-state index contributed by atoms with van der Waals surface area (Å²) in [5.41, 5.74) is 1.34. The number of fused-ring (bicyclic) bond motifs is 1. The Labute approximate surface area is 181 Å². The van der Waals surface area contributed by atoms with Gasteiger partial charge in [0.05, 0.1) is 11.0 Å². The second-order valence-corrected chi connectivity index (χ2v) is 9.33. The molecule has 1 aromatic heterocycles. The van der Waals surface area contributed by atoms with Crippen LogP contribution in [-0.4, -0.2) is 49.7 Å². The van der Waals surface area contributed by atoms with Crippen molar-refractivity contribution in [2.24, 2.45) is 5.92 Å². The quantitative estimate of drug-likeness (QED) is 0.544. The van der Waals surface area contributed by atoms with E-state index in [2.05, 4.69) is 4.57 Å². The summed E-state index contributed by atoms with van der Waals surface area (Å²) in [5.74, 6) is -0.0241. The van der Waals surface area contributed by atoms with Crippen LogP contribution in [0.4, 0.5) is 5.69 Å².